The zero-order chi connectivity index (χ0) is 14.6. The van der Waals surface area contributed by atoms with Gasteiger partial charge in [-0.05, 0) is 50.3 Å². The SMILES string of the molecule is C[C@@H](NCC1(O)CCC(C(=O)O)CC1)c1ccncc1. The van der Waals surface area contributed by atoms with Crippen LogP contribution in [0.4, 0.5) is 0 Å². The summed E-state index contributed by atoms with van der Waals surface area (Å²) in [6, 6.07) is 4.03. The van der Waals surface area contributed by atoms with E-state index in [1.54, 1.807) is 12.4 Å². The highest BCUT2D eigenvalue weighted by atomic mass is 16.4. The second kappa shape index (κ2) is 6.33. The van der Waals surface area contributed by atoms with Gasteiger partial charge in [-0.1, -0.05) is 0 Å². The zero-order valence-electron chi connectivity index (χ0n) is 11.7. The summed E-state index contributed by atoms with van der Waals surface area (Å²) in [5, 5.41) is 22.8. The number of carboxylic acid groups (broad SMARTS) is 1. The molecular weight excluding hydrogens is 256 g/mol. The van der Waals surface area contributed by atoms with Crippen molar-refractivity contribution in [3.63, 3.8) is 0 Å². The number of nitrogens with one attached hydrogen (secondary N) is 1. The molecule has 0 aliphatic heterocycles. The van der Waals surface area contributed by atoms with Crippen molar-refractivity contribution in [2.45, 2.75) is 44.2 Å². The highest BCUT2D eigenvalue weighted by Crippen LogP contribution is 2.32. The van der Waals surface area contributed by atoms with Crippen LogP contribution in [0.1, 0.15) is 44.2 Å². The van der Waals surface area contributed by atoms with E-state index < -0.39 is 11.6 Å². The van der Waals surface area contributed by atoms with Crippen LogP contribution in [0.2, 0.25) is 0 Å². The van der Waals surface area contributed by atoms with Gasteiger partial charge in [0, 0.05) is 25.0 Å². The summed E-state index contributed by atoms with van der Waals surface area (Å²) in [5.41, 5.74) is 0.343. The lowest BCUT2D eigenvalue weighted by Gasteiger charge is -2.35. The molecule has 110 valence electrons. The highest BCUT2D eigenvalue weighted by Gasteiger charge is 2.35. The minimum Gasteiger partial charge on any atom is -0.481 e. The normalized spacial score (nSPS) is 28.0. The van der Waals surface area contributed by atoms with Crippen LogP contribution in [0.3, 0.4) is 0 Å². The molecule has 0 amide bonds. The molecule has 1 saturated carbocycles. The molecule has 0 radical (unpaired) electrons. The predicted octanol–water partition coefficient (Wildman–Crippen LogP) is 1.74. The van der Waals surface area contributed by atoms with Crippen LogP contribution in [0.5, 0.6) is 0 Å². The van der Waals surface area contributed by atoms with E-state index in [4.69, 9.17) is 5.11 Å². The third-order valence-electron chi connectivity index (χ3n) is 4.21. The lowest BCUT2D eigenvalue weighted by Crippen LogP contribution is -2.45. The summed E-state index contributed by atoms with van der Waals surface area (Å²) in [7, 11) is 0. The fourth-order valence-electron chi connectivity index (χ4n) is 2.69. The first-order valence-corrected chi connectivity index (χ1v) is 7.09. The first-order chi connectivity index (χ1) is 9.50. The third-order valence-corrected chi connectivity index (χ3v) is 4.21. The van der Waals surface area contributed by atoms with Crippen molar-refractivity contribution in [3.8, 4) is 0 Å². The highest BCUT2D eigenvalue weighted by molar-refractivity contribution is 5.70. The number of carbonyl (C=O) groups is 1. The van der Waals surface area contributed by atoms with E-state index in [1.807, 2.05) is 19.1 Å². The standard InChI is InChI=1S/C15H22N2O3/c1-11(12-4-8-16-9-5-12)17-10-15(20)6-2-13(3-7-15)14(18)19/h4-5,8-9,11,13,17,20H,2-3,6-7,10H2,1H3,(H,18,19)/t11-,13?,15?/m1/s1. The average Bonchev–Trinajstić information content (AvgIpc) is 2.46. The van der Waals surface area contributed by atoms with Gasteiger partial charge in [0.25, 0.3) is 0 Å². The van der Waals surface area contributed by atoms with E-state index in [2.05, 4.69) is 10.3 Å². The Bertz CT molecular complexity index is 442. The molecule has 1 aromatic rings. The molecule has 20 heavy (non-hydrogen) atoms. The number of aliphatic carboxylic acids is 1. The molecule has 0 unspecified atom stereocenters. The van der Waals surface area contributed by atoms with Gasteiger partial charge in [-0.15, -0.1) is 0 Å². The van der Waals surface area contributed by atoms with Gasteiger partial charge >= 0.3 is 5.97 Å². The Morgan fingerprint density at radius 2 is 2.05 bits per heavy atom. The molecule has 2 rings (SSSR count). The summed E-state index contributed by atoms with van der Waals surface area (Å²) in [6.45, 7) is 2.53. The Morgan fingerprint density at radius 3 is 2.60 bits per heavy atom. The topological polar surface area (TPSA) is 82.5 Å². The third kappa shape index (κ3) is 3.77. The second-order valence-electron chi connectivity index (χ2n) is 5.72. The summed E-state index contributed by atoms with van der Waals surface area (Å²) in [4.78, 5) is 14.9. The first-order valence-electron chi connectivity index (χ1n) is 7.09. The van der Waals surface area contributed by atoms with Crippen LogP contribution in [0.25, 0.3) is 0 Å². The molecule has 0 spiro atoms. The summed E-state index contributed by atoms with van der Waals surface area (Å²) >= 11 is 0. The van der Waals surface area contributed by atoms with E-state index in [9.17, 15) is 9.90 Å². The maximum Gasteiger partial charge on any atom is 0.306 e. The number of carboxylic acids is 1. The van der Waals surface area contributed by atoms with Crippen molar-refractivity contribution < 1.29 is 15.0 Å². The molecular formula is C15H22N2O3. The van der Waals surface area contributed by atoms with Crippen LogP contribution in [0, 0.1) is 5.92 Å². The maximum atomic E-state index is 10.9. The molecule has 1 aliphatic carbocycles. The summed E-state index contributed by atoms with van der Waals surface area (Å²) in [6.07, 6.45) is 5.69. The number of rotatable bonds is 5. The molecule has 0 aromatic carbocycles. The van der Waals surface area contributed by atoms with Gasteiger partial charge in [0.15, 0.2) is 0 Å². The molecule has 0 saturated heterocycles. The van der Waals surface area contributed by atoms with Gasteiger partial charge in [0.1, 0.15) is 0 Å². The van der Waals surface area contributed by atoms with Gasteiger partial charge in [0.05, 0.1) is 11.5 Å². The maximum absolute atomic E-state index is 10.9. The van der Waals surface area contributed by atoms with Crippen LogP contribution < -0.4 is 5.32 Å². The largest absolute Gasteiger partial charge is 0.481 e. The number of pyridine rings is 1. The van der Waals surface area contributed by atoms with Gasteiger partial charge in [-0.3, -0.25) is 9.78 Å². The molecule has 1 fully saturated rings. The Kier molecular flexibility index (Phi) is 4.73. The average molecular weight is 278 g/mol. The Hall–Kier alpha value is -1.46. The van der Waals surface area contributed by atoms with E-state index in [-0.39, 0.29) is 12.0 Å². The molecule has 5 heteroatoms. The second-order valence-corrected chi connectivity index (χ2v) is 5.72. The monoisotopic (exact) mass is 278 g/mol. The van der Waals surface area contributed by atoms with Crippen LogP contribution >= 0.6 is 0 Å². The predicted molar refractivity (Wildman–Crippen MR) is 75.2 cm³/mol. The van der Waals surface area contributed by atoms with Crippen molar-refractivity contribution in [3.05, 3.63) is 30.1 Å². The van der Waals surface area contributed by atoms with Gasteiger partial charge in [-0.25, -0.2) is 0 Å². The quantitative estimate of drug-likeness (QED) is 0.764. The van der Waals surface area contributed by atoms with Crippen molar-refractivity contribution >= 4 is 5.97 Å². The Morgan fingerprint density at radius 1 is 1.45 bits per heavy atom. The summed E-state index contributed by atoms with van der Waals surface area (Å²) in [5.74, 6) is -1.04. The number of hydrogen-bond acceptors (Lipinski definition) is 4. The number of hydrogen-bond donors (Lipinski definition) is 3. The molecule has 3 N–H and O–H groups in total. The summed E-state index contributed by atoms with van der Waals surface area (Å²) < 4.78 is 0. The smallest absolute Gasteiger partial charge is 0.306 e. The Labute approximate surface area is 119 Å². The van der Waals surface area contributed by atoms with Crippen molar-refractivity contribution in [2.75, 3.05) is 6.54 Å². The molecule has 1 aliphatic rings. The first kappa shape index (κ1) is 14.9. The lowest BCUT2D eigenvalue weighted by molar-refractivity contribution is -0.144. The number of nitrogens with zero attached hydrogens (tertiary/aromatic N) is 1. The van der Waals surface area contributed by atoms with E-state index in [0.29, 0.717) is 32.2 Å². The molecule has 1 atom stereocenters. The van der Waals surface area contributed by atoms with Gasteiger partial charge in [-0.2, -0.15) is 0 Å². The van der Waals surface area contributed by atoms with E-state index >= 15 is 0 Å². The minimum absolute atomic E-state index is 0.138. The molecule has 5 nitrogen and oxygen atoms in total. The van der Waals surface area contributed by atoms with Gasteiger partial charge < -0.3 is 15.5 Å². The molecule has 0 bridgehead atoms. The molecule has 1 aromatic heterocycles. The van der Waals surface area contributed by atoms with Crippen molar-refractivity contribution in [2.24, 2.45) is 5.92 Å². The molecule has 1 heterocycles. The number of aromatic nitrogens is 1. The Balaban J connectivity index is 1.83. The van der Waals surface area contributed by atoms with Crippen LogP contribution in [-0.4, -0.2) is 33.3 Å². The van der Waals surface area contributed by atoms with Crippen LogP contribution in [-0.2, 0) is 4.79 Å². The van der Waals surface area contributed by atoms with Crippen molar-refractivity contribution in [1.82, 2.24) is 10.3 Å². The lowest BCUT2D eigenvalue weighted by atomic mass is 9.78. The van der Waals surface area contributed by atoms with Gasteiger partial charge in [0.2, 0.25) is 0 Å². The fraction of sp³-hybridized carbons (Fsp3) is 0.600. The zero-order valence-corrected chi connectivity index (χ0v) is 11.7. The minimum atomic E-state index is -0.784. The van der Waals surface area contributed by atoms with E-state index in [1.165, 1.54) is 0 Å². The van der Waals surface area contributed by atoms with E-state index in [0.717, 1.165) is 5.56 Å². The fourth-order valence-corrected chi connectivity index (χ4v) is 2.69. The van der Waals surface area contributed by atoms with Crippen molar-refractivity contribution in [1.29, 1.82) is 0 Å². The number of aliphatic hydroxyl groups is 1. The van der Waals surface area contributed by atoms with Crippen LogP contribution in [0.15, 0.2) is 24.5 Å².